The third-order valence-electron chi connectivity index (χ3n) is 3.25. The van der Waals surface area contributed by atoms with Gasteiger partial charge < -0.3 is 15.0 Å². The smallest absolute Gasteiger partial charge is 0.251 e. The van der Waals surface area contributed by atoms with Crippen molar-refractivity contribution in [1.82, 2.24) is 20.1 Å². The standard InChI is InChI=1S/C15H20N4O2S/c1-9(2)13-17-18-15(22)19(13)5-4-16-14(21)11-6-10(3)7-12(20)8-11/h6-9,20H,4-5H2,1-3H3,(H,16,21)(H,18,22). The predicted molar refractivity (Wildman–Crippen MR) is 86.7 cm³/mol. The highest BCUT2D eigenvalue weighted by atomic mass is 32.1. The number of aromatic hydroxyl groups is 1. The van der Waals surface area contributed by atoms with Gasteiger partial charge >= 0.3 is 0 Å². The van der Waals surface area contributed by atoms with E-state index in [4.69, 9.17) is 12.2 Å². The van der Waals surface area contributed by atoms with Crippen molar-refractivity contribution in [3.8, 4) is 5.75 Å². The van der Waals surface area contributed by atoms with E-state index in [9.17, 15) is 9.90 Å². The molecule has 0 aliphatic carbocycles. The maximum atomic E-state index is 12.1. The molecule has 0 radical (unpaired) electrons. The Morgan fingerprint density at radius 1 is 1.45 bits per heavy atom. The maximum absolute atomic E-state index is 12.1. The van der Waals surface area contributed by atoms with Gasteiger partial charge in [-0.25, -0.2) is 0 Å². The van der Waals surface area contributed by atoms with Crippen LogP contribution in [0.25, 0.3) is 0 Å². The van der Waals surface area contributed by atoms with E-state index < -0.39 is 0 Å². The van der Waals surface area contributed by atoms with Crippen molar-refractivity contribution in [1.29, 1.82) is 0 Å². The largest absolute Gasteiger partial charge is 0.508 e. The lowest BCUT2D eigenvalue weighted by molar-refractivity contribution is 0.0951. The predicted octanol–water partition coefficient (Wildman–Crippen LogP) is 2.51. The lowest BCUT2D eigenvalue weighted by Gasteiger charge is -2.10. The molecule has 0 atom stereocenters. The summed E-state index contributed by atoms with van der Waals surface area (Å²) in [6.07, 6.45) is 0. The number of aryl methyl sites for hydroxylation is 1. The number of H-pyrrole nitrogens is 1. The molecule has 1 heterocycles. The number of carbonyl (C=O) groups excluding carboxylic acids is 1. The lowest BCUT2D eigenvalue weighted by Crippen LogP contribution is -2.27. The summed E-state index contributed by atoms with van der Waals surface area (Å²) in [6, 6.07) is 4.79. The second-order valence-corrected chi connectivity index (χ2v) is 5.89. The fraction of sp³-hybridized carbons (Fsp3) is 0.400. The van der Waals surface area contributed by atoms with Crippen LogP contribution in [0, 0.1) is 11.7 Å². The van der Waals surface area contributed by atoms with Gasteiger partial charge in [0, 0.05) is 24.6 Å². The zero-order chi connectivity index (χ0) is 16.3. The minimum atomic E-state index is -0.222. The van der Waals surface area contributed by atoms with Crippen molar-refractivity contribution < 1.29 is 9.90 Å². The van der Waals surface area contributed by atoms with E-state index in [1.54, 1.807) is 12.1 Å². The van der Waals surface area contributed by atoms with Crippen LogP contribution in [0.5, 0.6) is 5.75 Å². The summed E-state index contributed by atoms with van der Waals surface area (Å²) in [5.41, 5.74) is 1.28. The molecule has 1 aromatic heterocycles. The summed E-state index contributed by atoms with van der Waals surface area (Å²) in [7, 11) is 0. The van der Waals surface area contributed by atoms with Crippen LogP contribution in [-0.4, -0.2) is 32.3 Å². The molecule has 0 aliphatic heterocycles. The van der Waals surface area contributed by atoms with Crippen LogP contribution in [-0.2, 0) is 6.54 Å². The van der Waals surface area contributed by atoms with Crippen LogP contribution in [0.4, 0.5) is 0 Å². The monoisotopic (exact) mass is 320 g/mol. The van der Waals surface area contributed by atoms with Crippen LogP contribution in [0.2, 0.25) is 0 Å². The molecule has 0 saturated heterocycles. The second-order valence-electron chi connectivity index (χ2n) is 5.51. The molecule has 0 aliphatic rings. The Kier molecular flexibility index (Phi) is 4.97. The number of benzene rings is 1. The average molecular weight is 320 g/mol. The normalized spacial score (nSPS) is 10.9. The van der Waals surface area contributed by atoms with Crippen LogP contribution in [0.3, 0.4) is 0 Å². The zero-order valence-electron chi connectivity index (χ0n) is 12.9. The summed E-state index contributed by atoms with van der Waals surface area (Å²) < 4.78 is 2.43. The molecule has 0 unspecified atom stereocenters. The minimum Gasteiger partial charge on any atom is -0.508 e. The highest BCUT2D eigenvalue weighted by Gasteiger charge is 2.11. The number of nitrogens with one attached hydrogen (secondary N) is 2. The van der Waals surface area contributed by atoms with Crippen LogP contribution in [0.1, 0.15) is 41.5 Å². The molecule has 7 heteroatoms. The Hall–Kier alpha value is -2.15. The molecule has 6 nitrogen and oxygen atoms in total. The van der Waals surface area contributed by atoms with Crippen LogP contribution >= 0.6 is 12.2 Å². The van der Waals surface area contributed by atoms with Crippen molar-refractivity contribution in [3.05, 3.63) is 39.9 Å². The van der Waals surface area contributed by atoms with Gasteiger partial charge in [0.1, 0.15) is 11.6 Å². The fourth-order valence-corrected chi connectivity index (χ4v) is 2.49. The lowest BCUT2D eigenvalue weighted by atomic mass is 10.1. The molecular weight excluding hydrogens is 300 g/mol. The molecule has 22 heavy (non-hydrogen) atoms. The van der Waals surface area contributed by atoms with Gasteiger partial charge in [0.2, 0.25) is 0 Å². The summed E-state index contributed by atoms with van der Waals surface area (Å²) >= 11 is 5.20. The van der Waals surface area contributed by atoms with Gasteiger partial charge in [-0.2, -0.15) is 5.10 Å². The molecule has 2 aromatic rings. The zero-order valence-corrected chi connectivity index (χ0v) is 13.7. The third kappa shape index (κ3) is 3.73. The van der Waals surface area contributed by atoms with Gasteiger partial charge in [0.25, 0.3) is 5.91 Å². The second kappa shape index (κ2) is 6.74. The molecule has 3 N–H and O–H groups in total. The Balaban J connectivity index is 2.01. The van der Waals surface area contributed by atoms with E-state index in [2.05, 4.69) is 15.5 Å². The molecular formula is C15H20N4O2S. The Morgan fingerprint density at radius 3 is 2.82 bits per heavy atom. The first-order valence-corrected chi connectivity index (χ1v) is 7.53. The van der Waals surface area contributed by atoms with Crippen molar-refractivity contribution in [2.24, 2.45) is 0 Å². The molecule has 1 aromatic carbocycles. The highest BCUT2D eigenvalue weighted by molar-refractivity contribution is 7.71. The fourth-order valence-electron chi connectivity index (χ4n) is 2.26. The number of nitrogens with zero attached hydrogens (tertiary/aromatic N) is 2. The number of phenols is 1. The van der Waals surface area contributed by atoms with Crippen molar-refractivity contribution in [2.75, 3.05) is 6.54 Å². The van der Waals surface area contributed by atoms with Gasteiger partial charge in [0.15, 0.2) is 4.77 Å². The summed E-state index contributed by atoms with van der Waals surface area (Å²) in [4.78, 5) is 12.1. The Labute approximate surface area is 134 Å². The molecule has 1 amide bonds. The SMILES string of the molecule is Cc1cc(O)cc(C(=O)NCCn2c(C(C)C)n[nH]c2=S)c1. The van der Waals surface area contributed by atoms with Crippen molar-refractivity contribution in [2.45, 2.75) is 33.2 Å². The Bertz CT molecular complexity index is 713. The highest BCUT2D eigenvalue weighted by Crippen LogP contribution is 2.15. The Morgan fingerprint density at radius 2 is 2.18 bits per heavy atom. The van der Waals surface area contributed by atoms with E-state index in [0.29, 0.717) is 23.4 Å². The first-order valence-electron chi connectivity index (χ1n) is 7.12. The molecule has 118 valence electrons. The van der Waals surface area contributed by atoms with Crippen LogP contribution in [0.15, 0.2) is 18.2 Å². The van der Waals surface area contributed by atoms with Gasteiger partial charge in [-0.3, -0.25) is 9.89 Å². The van der Waals surface area contributed by atoms with E-state index in [1.165, 1.54) is 6.07 Å². The number of aromatic nitrogens is 3. The van der Waals surface area contributed by atoms with Crippen LogP contribution < -0.4 is 5.32 Å². The third-order valence-corrected chi connectivity index (χ3v) is 3.56. The van der Waals surface area contributed by atoms with Crippen molar-refractivity contribution >= 4 is 18.1 Å². The minimum absolute atomic E-state index is 0.0873. The van der Waals surface area contributed by atoms with E-state index in [-0.39, 0.29) is 17.6 Å². The first-order chi connectivity index (χ1) is 10.4. The van der Waals surface area contributed by atoms with E-state index in [0.717, 1.165) is 11.4 Å². The van der Waals surface area contributed by atoms with Gasteiger partial charge in [-0.1, -0.05) is 13.8 Å². The number of rotatable bonds is 5. The number of phenolic OH excluding ortho intramolecular Hbond substituents is 1. The van der Waals surface area contributed by atoms with E-state index in [1.807, 2.05) is 25.3 Å². The number of hydrogen-bond donors (Lipinski definition) is 3. The molecule has 0 fully saturated rings. The quantitative estimate of drug-likeness (QED) is 0.739. The van der Waals surface area contributed by atoms with E-state index >= 15 is 0 Å². The molecule has 0 bridgehead atoms. The summed E-state index contributed by atoms with van der Waals surface area (Å²) in [6.45, 7) is 6.88. The van der Waals surface area contributed by atoms with Gasteiger partial charge in [0.05, 0.1) is 0 Å². The molecule has 2 rings (SSSR count). The summed E-state index contributed by atoms with van der Waals surface area (Å²) in [5.74, 6) is 0.981. The number of amides is 1. The molecule has 0 saturated carbocycles. The van der Waals surface area contributed by atoms with Gasteiger partial charge in [-0.15, -0.1) is 0 Å². The topological polar surface area (TPSA) is 82.9 Å². The number of hydrogen-bond acceptors (Lipinski definition) is 4. The van der Waals surface area contributed by atoms with Crippen molar-refractivity contribution in [3.63, 3.8) is 0 Å². The average Bonchev–Trinajstić information content (AvgIpc) is 2.79. The summed E-state index contributed by atoms with van der Waals surface area (Å²) in [5, 5.41) is 19.3. The molecule has 0 spiro atoms. The first kappa shape index (κ1) is 16.2. The maximum Gasteiger partial charge on any atom is 0.251 e. The number of aromatic amines is 1. The number of carbonyl (C=O) groups is 1. The van der Waals surface area contributed by atoms with Gasteiger partial charge in [-0.05, 0) is 42.9 Å².